The Labute approximate surface area is 169 Å². The maximum atomic E-state index is 12.7. The average Bonchev–Trinajstić information content (AvgIpc) is 3.20. The van der Waals surface area contributed by atoms with Gasteiger partial charge in [0.15, 0.2) is 5.69 Å². The van der Waals surface area contributed by atoms with Crippen molar-refractivity contribution < 1.29 is 31.1 Å². The summed E-state index contributed by atoms with van der Waals surface area (Å²) < 4.78 is 70.0. The summed E-state index contributed by atoms with van der Waals surface area (Å²) in [4.78, 5) is 16.0. The van der Waals surface area contributed by atoms with Crippen molar-refractivity contribution in [3.63, 3.8) is 0 Å². The van der Waals surface area contributed by atoms with Crippen LogP contribution in [0.25, 0.3) is 0 Å². The van der Waals surface area contributed by atoms with Crippen LogP contribution in [0.3, 0.4) is 0 Å². The van der Waals surface area contributed by atoms with Gasteiger partial charge in [0.1, 0.15) is 5.01 Å². The summed E-state index contributed by atoms with van der Waals surface area (Å²) in [5.41, 5.74) is -0.934. The number of thiazole rings is 1. The first-order chi connectivity index (χ1) is 13.6. The van der Waals surface area contributed by atoms with E-state index >= 15 is 0 Å². The lowest BCUT2D eigenvalue weighted by Gasteiger charge is -2.26. The summed E-state index contributed by atoms with van der Waals surface area (Å²) in [6.45, 7) is 2.54. The topological polar surface area (TPSA) is 88.6 Å². The fraction of sp³-hybridized carbons (Fsp3) is 0.412. The number of ether oxygens (including phenoxy) is 1. The van der Waals surface area contributed by atoms with Crippen LogP contribution < -0.4 is 5.32 Å². The Morgan fingerprint density at radius 2 is 2.00 bits per heavy atom. The number of sulfonamides is 1. The normalized spacial score (nSPS) is 17.1. The third kappa shape index (κ3) is 4.94. The first-order valence-electron chi connectivity index (χ1n) is 8.60. The van der Waals surface area contributed by atoms with E-state index in [1.807, 2.05) is 0 Å². The first-order valence-corrected chi connectivity index (χ1v) is 10.9. The van der Waals surface area contributed by atoms with Crippen molar-refractivity contribution in [1.82, 2.24) is 14.6 Å². The molecule has 1 aliphatic rings. The van der Waals surface area contributed by atoms with Crippen LogP contribution in [0.15, 0.2) is 34.5 Å². The Kier molecular flexibility index (Phi) is 6.27. The molecule has 1 N–H and O–H groups in total. The van der Waals surface area contributed by atoms with Crippen LogP contribution in [-0.4, -0.2) is 49.9 Å². The van der Waals surface area contributed by atoms with E-state index in [1.54, 1.807) is 0 Å². The van der Waals surface area contributed by atoms with Gasteiger partial charge in [0.25, 0.3) is 5.91 Å². The standard InChI is InChI=1S/C17H18F3N3O4S2/c1-11(16-22-14(10-28-16)17(18,19)20)21-15(24)12-3-2-4-13(9-12)29(25,26)23-5-7-27-8-6-23/h2-4,9-11H,5-8H2,1H3,(H,21,24)/t11-/m0/s1. The van der Waals surface area contributed by atoms with E-state index in [1.165, 1.54) is 35.5 Å². The highest BCUT2D eigenvalue weighted by Crippen LogP contribution is 2.31. The van der Waals surface area contributed by atoms with Crippen molar-refractivity contribution in [2.24, 2.45) is 0 Å². The van der Waals surface area contributed by atoms with Gasteiger partial charge in [-0.2, -0.15) is 17.5 Å². The van der Waals surface area contributed by atoms with Gasteiger partial charge < -0.3 is 10.1 Å². The Bertz CT molecular complexity index is 986. The molecule has 0 spiro atoms. The lowest BCUT2D eigenvalue weighted by Crippen LogP contribution is -2.40. The quantitative estimate of drug-likeness (QED) is 0.758. The van der Waals surface area contributed by atoms with Gasteiger partial charge in [0, 0.05) is 24.0 Å². The molecule has 1 aliphatic heterocycles. The third-order valence-corrected chi connectivity index (χ3v) is 7.16. The molecule has 1 aromatic heterocycles. The van der Waals surface area contributed by atoms with Crippen LogP contribution in [0.4, 0.5) is 13.2 Å². The van der Waals surface area contributed by atoms with Crippen LogP contribution in [0.1, 0.15) is 34.0 Å². The van der Waals surface area contributed by atoms with E-state index in [0.717, 1.165) is 16.7 Å². The predicted molar refractivity (Wildman–Crippen MR) is 99.0 cm³/mol. The number of hydrogen-bond acceptors (Lipinski definition) is 6. The second kappa shape index (κ2) is 8.38. The highest BCUT2D eigenvalue weighted by molar-refractivity contribution is 7.89. The average molecular weight is 449 g/mol. The van der Waals surface area contributed by atoms with Gasteiger partial charge in [-0.3, -0.25) is 4.79 Å². The van der Waals surface area contributed by atoms with Crippen LogP contribution in [0.5, 0.6) is 0 Å². The molecule has 1 aromatic carbocycles. The highest BCUT2D eigenvalue weighted by atomic mass is 32.2. The maximum absolute atomic E-state index is 12.7. The van der Waals surface area contributed by atoms with Crippen LogP contribution >= 0.6 is 11.3 Å². The molecule has 2 heterocycles. The zero-order valence-corrected chi connectivity index (χ0v) is 16.9. The monoisotopic (exact) mass is 449 g/mol. The van der Waals surface area contributed by atoms with E-state index in [2.05, 4.69) is 10.3 Å². The van der Waals surface area contributed by atoms with E-state index in [9.17, 15) is 26.4 Å². The number of nitrogens with zero attached hydrogens (tertiary/aromatic N) is 2. The molecular weight excluding hydrogens is 431 g/mol. The second-order valence-corrected chi connectivity index (χ2v) is 9.14. The molecule has 1 saturated heterocycles. The smallest absolute Gasteiger partial charge is 0.379 e. The summed E-state index contributed by atoms with van der Waals surface area (Å²) in [5, 5.41) is 3.53. The number of rotatable bonds is 5. The molecule has 7 nitrogen and oxygen atoms in total. The van der Waals surface area contributed by atoms with Crippen LogP contribution in [0, 0.1) is 0 Å². The van der Waals surface area contributed by atoms with Crippen molar-refractivity contribution >= 4 is 27.3 Å². The number of amides is 1. The lowest BCUT2D eigenvalue weighted by atomic mass is 10.2. The minimum absolute atomic E-state index is 0.0340. The van der Waals surface area contributed by atoms with Crippen LogP contribution in [-0.2, 0) is 20.9 Å². The number of morpholine rings is 1. The first kappa shape index (κ1) is 21.7. The van der Waals surface area contributed by atoms with Gasteiger partial charge in [-0.1, -0.05) is 6.07 Å². The molecule has 1 atom stereocenters. The van der Waals surface area contributed by atoms with Crippen molar-refractivity contribution in [1.29, 1.82) is 0 Å². The van der Waals surface area contributed by atoms with E-state index in [4.69, 9.17) is 4.74 Å². The molecule has 12 heteroatoms. The summed E-state index contributed by atoms with van der Waals surface area (Å²) in [6.07, 6.45) is -4.55. The van der Waals surface area contributed by atoms with Crippen molar-refractivity contribution in [2.45, 2.75) is 24.0 Å². The highest BCUT2D eigenvalue weighted by Gasteiger charge is 2.34. The van der Waals surface area contributed by atoms with Crippen molar-refractivity contribution in [3.8, 4) is 0 Å². The lowest BCUT2D eigenvalue weighted by molar-refractivity contribution is -0.140. The number of benzene rings is 1. The number of halogens is 3. The molecule has 29 heavy (non-hydrogen) atoms. The molecule has 0 aliphatic carbocycles. The number of hydrogen-bond donors (Lipinski definition) is 1. The third-order valence-electron chi connectivity index (χ3n) is 4.23. The molecule has 0 radical (unpaired) electrons. The SMILES string of the molecule is C[C@H](NC(=O)c1cccc(S(=O)(=O)N2CCOCC2)c1)c1nc(C(F)(F)F)cs1. The molecule has 0 bridgehead atoms. The molecule has 1 amide bonds. The molecule has 0 unspecified atom stereocenters. The Hall–Kier alpha value is -2.02. The summed E-state index contributed by atoms with van der Waals surface area (Å²) in [7, 11) is -3.77. The van der Waals surface area contributed by atoms with Gasteiger partial charge in [-0.25, -0.2) is 13.4 Å². The number of aromatic nitrogens is 1. The molecule has 2 aromatic rings. The molecule has 1 fully saturated rings. The number of carbonyl (C=O) groups is 1. The zero-order valence-electron chi connectivity index (χ0n) is 15.3. The van der Waals surface area contributed by atoms with Gasteiger partial charge in [-0.05, 0) is 25.1 Å². The van der Waals surface area contributed by atoms with Gasteiger partial charge in [-0.15, -0.1) is 11.3 Å². The predicted octanol–water partition coefficient (Wildman–Crippen LogP) is 2.67. The van der Waals surface area contributed by atoms with Crippen molar-refractivity contribution in [2.75, 3.05) is 26.3 Å². The molecular formula is C17H18F3N3O4S2. The van der Waals surface area contributed by atoms with Crippen LogP contribution in [0.2, 0.25) is 0 Å². The minimum atomic E-state index is -4.55. The van der Waals surface area contributed by atoms with Gasteiger partial charge in [0.05, 0.1) is 24.2 Å². The Balaban J connectivity index is 1.74. The summed E-state index contributed by atoms with van der Waals surface area (Å²) in [5.74, 6) is -0.611. The second-order valence-electron chi connectivity index (χ2n) is 6.31. The molecule has 158 valence electrons. The molecule has 0 saturated carbocycles. The number of alkyl halides is 3. The zero-order chi connectivity index (χ0) is 21.2. The van der Waals surface area contributed by atoms with E-state index in [0.29, 0.717) is 13.2 Å². The fourth-order valence-electron chi connectivity index (χ4n) is 2.69. The maximum Gasteiger partial charge on any atom is 0.434 e. The largest absolute Gasteiger partial charge is 0.434 e. The summed E-state index contributed by atoms with van der Waals surface area (Å²) >= 11 is 0.788. The van der Waals surface area contributed by atoms with Crippen molar-refractivity contribution in [3.05, 3.63) is 45.9 Å². The minimum Gasteiger partial charge on any atom is -0.379 e. The summed E-state index contributed by atoms with van der Waals surface area (Å²) in [6, 6.07) is 4.74. The number of carbonyl (C=O) groups excluding carboxylic acids is 1. The van der Waals surface area contributed by atoms with E-state index < -0.39 is 33.8 Å². The van der Waals surface area contributed by atoms with Gasteiger partial charge in [0.2, 0.25) is 10.0 Å². The Morgan fingerprint density at radius 1 is 1.31 bits per heavy atom. The van der Waals surface area contributed by atoms with Gasteiger partial charge >= 0.3 is 6.18 Å². The van der Waals surface area contributed by atoms with E-state index in [-0.39, 0.29) is 28.6 Å². The number of nitrogens with one attached hydrogen (secondary N) is 1. The fourth-order valence-corrected chi connectivity index (χ4v) is 4.98. The molecule has 3 rings (SSSR count). The Morgan fingerprint density at radius 3 is 2.62 bits per heavy atom.